The number of imidazole rings is 2. The summed E-state index contributed by atoms with van der Waals surface area (Å²) < 4.78 is 51.5. The van der Waals surface area contributed by atoms with Crippen molar-refractivity contribution >= 4 is 71.7 Å². The molecule has 0 aliphatic carbocycles. The van der Waals surface area contributed by atoms with Crippen LogP contribution in [0.1, 0.15) is 25.3 Å². The maximum absolute atomic E-state index is 13.1. The molecule has 2 unspecified atom stereocenters. The Kier molecular flexibility index (Phi) is 7.34. The molecular weight excluding hydrogens is 650 g/mol. The van der Waals surface area contributed by atoms with Crippen LogP contribution in [0.4, 0.5) is 11.8 Å². The number of rotatable bonds is 2. The van der Waals surface area contributed by atoms with Crippen molar-refractivity contribution in [1.82, 2.24) is 39.0 Å². The third-order valence-electron chi connectivity index (χ3n) is 7.11. The molecule has 0 spiro atoms. The first-order chi connectivity index (χ1) is 20.5. The summed E-state index contributed by atoms with van der Waals surface area (Å²) in [5, 5.41) is 0. The predicted molar refractivity (Wildman–Crippen MR) is 154 cm³/mol. The number of phosphoric acid groups is 1. The van der Waals surface area contributed by atoms with Crippen molar-refractivity contribution < 1.29 is 37.0 Å². The van der Waals surface area contributed by atoms with E-state index in [2.05, 4.69) is 42.2 Å². The fourth-order valence-electron chi connectivity index (χ4n) is 5.25. The number of nitrogen functional groups attached to an aromatic ring is 2. The monoisotopic (exact) mass is 674 g/mol. The molecule has 3 aliphatic rings. The van der Waals surface area contributed by atoms with E-state index in [-0.39, 0.29) is 49.0 Å². The minimum Gasteiger partial charge on any atom is -0.382 e. The predicted octanol–water partition coefficient (Wildman–Crippen LogP) is 0.771. The van der Waals surface area contributed by atoms with Gasteiger partial charge in [-0.15, -0.1) is 0 Å². The normalized spacial score (nSPS) is 35.4. The number of H-pyrrole nitrogens is 1. The lowest BCUT2D eigenvalue weighted by Gasteiger charge is -2.27. The first kappa shape index (κ1) is 29.2. The van der Waals surface area contributed by atoms with Gasteiger partial charge in [0.1, 0.15) is 36.4 Å². The molecule has 0 radical (unpaired) electrons. The van der Waals surface area contributed by atoms with Gasteiger partial charge in [-0.3, -0.25) is 28.0 Å². The molecule has 4 aromatic rings. The number of nitrogens with zero attached hydrogens (tertiary/aromatic N) is 7. The highest BCUT2D eigenvalue weighted by Crippen LogP contribution is 2.58. The topological polar surface area (TPSA) is 252 Å². The van der Waals surface area contributed by atoms with E-state index in [4.69, 9.17) is 50.8 Å². The van der Waals surface area contributed by atoms with Gasteiger partial charge >= 0.3 is 7.82 Å². The van der Waals surface area contributed by atoms with Gasteiger partial charge in [-0.25, -0.2) is 24.5 Å². The van der Waals surface area contributed by atoms with E-state index in [1.54, 1.807) is 4.57 Å². The van der Waals surface area contributed by atoms with E-state index in [0.717, 1.165) is 0 Å². The number of thiol groups is 1. The highest BCUT2D eigenvalue weighted by molar-refractivity contribution is 8.60. The Bertz CT molecular complexity index is 1870. The molecule has 3 saturated heterocycles. The van der Waals surface area contributed by atoms with Crippen LogP contribution < -0.4 is 17.0 Å². The van der Waals surface area contributed by atoms with Gasteiger partial charge in [0.05, 0.1) is 32.0 Å². The standard InChI is InChI=1S/C20H24N10O9P2S2/c21-15-13-16(24-5-23-15)29(6-25-13)12-2-9-11(37-12)4-35-41(42,43)39-10-1-8(3-34-40(32,33)38-9)36-19(10)30-7-26-14-17(30)27-20(22)28-18(14)31/h5-12,19H,1-4H2,(H,32,33)(H,42,43)(H2,21,23,24)(H3,22,27,28,31)/t8-,9-,10+,11+,12+,19+/m0/s1. The van der Waals surface area contributed by atoms with E-state index in [1.807, 2.05) is 0 Å². The summed E-state index contributed by atoms with van der Waals surface area (Å²) in [7, 11) is -4.63. The summed E-state index contributed by atoms with van der Waals surface area (Å²) in [6.45, 7) is -0.540. The first-order valence-corrected chi connectivity index (χ1v) is 18.0. The van der Waals surface area contributed by atoms with Gasteiger partial charge in [0.15, 0.2) is 28.9 Å². The number of anilines is 2. The van der Waals surface area contributed by atoms with Gasteiger partial charge in [0.25, 0.3) is 5.56 Å². The number of fused-ring (bicyclic) bond motifs is 5. The number of hydrogen-bond acceptors (Lipinski definition) is 16. The van der Waals surface area contributed by atoms with E-state index >= 15 is 0 Å². The van der Waals surface area contributed by atoms with Crippen molar-refractivity contribution in [3.05, 3.63) is 29.3 Å². The summed E-state index contributed by atoms with van der Waals surface area (Å²) in [5.74, 6) is 0.0664. The minimum atomic E-state index is -4.63. The van der Waals surface area contributed by atoms with Gasteiger partial charge in [-0.2, -0.15) is 4.98 Å². The molecule has 23 heteroatoms. The van der Waals surface area contributed by atoms with E-state index in [9.17, 15) is 14.3 Å². The number of hydrogen-bond donors (Lipinski definition) is 5. The van der Waals surface area contributed by atoms with Gasteiger partial charge in [-0.05, 0) is 11.8 Å². The third-order valence-corrected chi connectivity index (χ3v) is 10.3. The lowest BCUT2D eigenvalue weighted by Crippen LogP contribution is -2.29. The van der Waals surface area contributed by atoms with Crippen LogP contribution in [-0.4, -0.2) is 81.6 Å². The van der Waals surface area contributed by atoms with Gasteiger partial charge in [0, 0.05) is 12.8 Å². The van der Waals surface area contributed by atoms with Crippen LogP contribution >= 0.6 is 25.8 Å². The molecule has 0 amide bonds. The number of nitrogens with two attached hydrogens (primary N) is 2. The molecule has 3 fully saturated rings. The fraction of sp³-hybridized carbons (Fsp3) is 0.500. The summed E-state index contributed by atoms with van der Waals surface area (Å²) in [4.78, 5) is 46.1. The number of aromatic amines is 1. The number of phosphoric ester groups is 1. The molecule has 43 heavy (non-hydrogen) atoms. The molecule has 2 bridgehead atoms. The molecule has 7 heterocycles. The number of ether oxygens (including phenoxy) is 2. The van der Waals surface area contributed by atoms with Gasteiger partial charge in [0.2, 0.25) is 11.6 Å². The number of aromatic nitrogens is 8. The quantitative estimate of drug-likeness (QED) is 0.145. The molecule has 0 aromatic carbocycles. The average Bonchev–Trinajstić information content (AvgIpc) is 3.71. The highest BCUT2D eigenvalue weighted by Gasteiger charge is 2.46. The van der Waals surface area contributed by atoms with Crippen LogP contribution in [0, 0.1) is 0 Å². The molecular formula is C20H24N10O9P2S2. The highest BCUT2D eigenvalue weighted by atomic mass is 32.9. The number of nitrogens with one attached hydrogen (secondary N) is 1. The van der Waals surface area contributed by atoms with E-state index in [1.165, 1.54) is 23.5 Å². The van der Waals surface area contributed by atoms with Crippen LogP contribution in [0.5, 0.6) is 0 Å². The smallest absolute Gasteiger partial charge is 0.382 e. The molecule has 8 atom stereocenters. The molecule has 4 aromatic heterocycles. The zero-order valence-electron chi connectivity index (χ0n) is 21.8. The summed E-state index contributed by atoms with van der Waals surface area (Å²) in [5.41, 5.74) is 8.77. The van der Waals surface area contributed by atoms with E-state index < -0.39 is 55.9 Å². The van der Waals surface area contributed by atoms with Crippen LogP contribution in [0.2, 0.25) is 0 Å². The third kappa shape index (κ3) is 5.59. The van der Waals surface area contributed by atoms with Crippen LogP contribution in [-0.2, 0) is 43.9 Å². The Balaban J connectivity index is 1.17. The molecule has 230 valence electrons. The average molecular weight is 675 g/mol. The Morgan fingerprint density at radius 3 is 2.60 bits per heavy atom. The van der Waals surface area contributed by atoms with Crippen LogP contribution in [0.15, 0.2) is 23.8 Å². The first-order valence-electron chi connectivity index (χ1n) is 12.7. The Morgan fingerprint density at radius 2 is 1.77 bits per heavy atom. The lowest BCUT2D eigenvalue weighted by atomic mass is 10.2. The summed E-state index contributed by atoms with van der Waals surface area (Å²) in [6, 6.07) is 0. The second-order valence-corrected chi connectivity index (χ2v) is 16.6. The van der Waals surface area contributed by atoms with Crippen molar-refractivity contribution in [3.8, 4) is 0 Å². The lowest BCUT2D eigenvalue weighted by molar-refractivity contribution is -0.0582. The van der Waals surface area contributed by atoms with Crippen molar-refractivity contribution in [2.45, 2.75) is 49.7 Å². The maximum atomic E-state index is 13.1. The second-order valence-electron chi connectivity index (χ2n) is 9.92. The molecule has 7 rings (SSSR count). The zero-order valence-corrected chi connectivity index (χ0v) is 25.3. The zero-order chi connectivity index (χ0) is 30.1. The van der Waals surface area contributed by atoms with Crippen molar-refractivity contribution in [3.63, 3.8) is 0 Å². The minimum absolute atomic E-state index is 0.0271. The van der Waals surface area contributed by atoms with Crippen LogP contribution in [0.25, 0.3) is 22.3 Å². The largest absolute Gasteiger partial charge is 0.472 e. The van der Waals surface area contributed by atoms with Crippen molar-refractivity contribution in [2.75, 3.05) is 24.7 Å². The van der Waals surface area contributed by atoms with Gasteiger partial charge in [-0.1, -0.05) is 12.2 Å². The summed E-state index contributed by atoms with van der Waals surface area (Å²) >= 11 is 10.1. The van der Waals surface area contributed by atoms with Crippen LogP contribution in [0.3, 0.4) is 0 Å². The molecule has 6 N–H and O–H groups in total. The molecule has 3 aliphatic heterocycles. The van der Waals surface area contributed by atoms with Gasteiger partial charge < -0.3 is 34.9 Å². The fourth-order valence-corrected chi connectivity index (χ4v) is 8.24. The second kappa shape index (κ2) is 10.8. The summed E-state index contributed by atoms with van der Waals surface area (Å²) in [6.07, 6.45) is -0.661. The SMILES string of the molecule is Nc1nc2c(ncn2[C@@H]2O[C@@H]3COP(=O)(O)O[C@H]4C[C@H](n5cnc6c(N)ncnc65)O[C@@H]4COP(=S)(S)O[C@@H]2C3)c(=O)[nH]1. The van der Waals surface area contributed by atoms with Crippen molar-refractivity contribution in [1.29, 1.82) is 0 Å². The Morgan fingerprint density at radius 1 is 0.977 bits per heavy atom. The van der Waals surface area contributed by atoms with E-state index in [0.29, 0.717) is 11.2 Å². The molecule has 19 nitrogen and oxygen atoms in total. The van der Waals surface area contributed by atoms with Crippen molar-refractivity contribution in [2.24, 2.45) is 0 Å². The Labute approximate surface area is 251 Å². The molecule has 0 saturated carbocycles. The maximum Gasteiger partial charge on any atom is 0.472 e. The Hall–Kier alpha value is -2.55.